The molecule has 0 N–H and O–H groups in total. The molecule has 4 rings (SSSR count). The fourth-order valence-corrected chi connectivity index (χ4v) is 8.03. The quantitative estimate of drug-likeness (QED) is 0.289. The van der Waals surface area contributed by atoms with Crippen molar-refractivity contribution >= 4 is 22.6 Å². The first-order valence-corrected chi connectivity index (χ1v) is 12.9. The highest BCUT2D eigenvalue weighted by molar-refractivity contribution is 14.1. The minimum absolute atomic E-state index is 0.805. The van der Waals surface area contributed by atoms with Gasteiger partial charge in [-0.2, -0.15) is 0 Å². The van der Waals surface area contributed by atoms with Crippen LogP contribution in [0.15, 0.2) is 23.3 Å². The van der Waals surface area contributed by atoms with Gasteiger partial charge in [0, 0.05) is 3.92 Å². The van der Waals surface area contributed by atoms with Crippen LogP contribution in [0.4, 0.5) is 0 Å². The van der Waals surface area contributed by atoms with Crippen molar-refractivity contribution in [2.45, 2.75) is 101 Å². The van der Waals surface area contributed by atoms with Gasteiger partial charge in [0.25, 0.3) is 0 Å². The minimum atomic E-state index is 0.805. The van der Waals surface area contributed by atoms with Crippen LogP contribution < -0.4 is 0 Å². The van der Waals surface area contributed by atoms with E-state index in [4.69, 9.17) is 0 Å². The molecule has 26 heavy (non-hydrogen) atoms. The molecule has 2 fully saturated rings. The summed E-state index contributed by atoms with van der Waals surface area (Å²) in [6.07, 6.45) is 20.3. The Balaban J connectivity index is 1.38. The molecule has 0 saturated heterocycles. The van der Waals surface area contributed by atoms with Gasteiger partial charge in [0.05, 0.1) is 0 Å². The largest absolute Gasteiger partial charge is 0.0953 e. The molecule has 0 aliphatic heterocycles. The lowest BCUT2D eigenvalue weighted by molar-refractivity contribution is 0.0933. The lowest BCUT2D eigenvalue weighted by Gasteiger charge is -2.44. The SMILES string of the molecule is C=C1C2=C(CCCC2)CCC1CC(CC)C1CC[C@H]2CC(I)CCC2C1. The Morgan fingerprint density at radius 1 is 0.962 bits per heavy atom. The van der Waals surface area contributed by atoms with Crippen LogP contribution >= 0.6 is 22.6 Å². The van der Waals surface area contributed by atoms with Gasteiger partial charge in [-0.05, 0) is 124 Å². The summed E-state index contributed by atoms with van der Waals surface area (Å²) in [5, 5.41) is 0. The highest BCUT2D eigenvalue weighted by Crippen LogP contribution is 2.49. The summed E-state index contributed by atoms with van der Waals surface area (Å²) in [6.45, 7) is 7.10. The molecule has 4 aliphatic rings. The molecular formula is C25H39I. The van der Waals surface area contributed by atoms with Gasteiger partial charge in [0.1, 0.15) is 0 Å². The Bertz CT molecular complexity index is 544. The molecule has 6 atom stereocenters. The Kier molecular flexibility index (Phi) is 6.53. The number of hydrogen-bond donors (Lipinski definition) is 0. The van der Waals surface area contributed by atoms with Crippen molar-refractivity contribution in [1.82, 2.24) is 0 Å². The van der Waals surface area contributed by atoms with Gasteiger partial charge in [0.15, 0.2) is 0 Å². The molecule has 0 radical (unpaired) electrons. The second-order valence-electron chi connectivity index (χ2n) is 9.96. The molecule has 0 bridgehead atoms. The summed E-state index contributed by atoms with van der Waals surface area (Å²) >= 11 is 2.71. The van der Waals surface area contributed by atoms with Crippen molar-refractivity contribution in [3.8, 4) is 0 Å². The van der Waals surface area contributed by atoms with E-state index in [1.165, 1.54) is 83.5 Å². The van der Waals surface area contributed by atoms with Crippen LogP contribution in [-0.2, 0) is 0 Å². The maximum absolute atomic E-state index is 4.63. The maximum atomic E-state index is 4.63. The highest BCUT2D eigenvalue weighted by atomic mass is 127. The zero-order chi connectivity index (χ0) is 18.1. The van der Waals surface area contributed by atoms with E-state index < -0.39 is 0 Å². The molecule has 0 amide bonds. The standard InChI is InChI=1S/C25H39I/c1-3-18(21-10-11-23-16-24(26)13-12-22(23)15-21)14-20-9-8-19-6-4-5-7-25(19)17(20)2/h18,20-24H,2-16H2,1H3/t18?,20?,21?,22?,23-,24?/m0/s1. The number of alkyl halides is 1. The van der Waals surface area contributed by atoms with Crippen molar-refractivity contribution in [3.63, 3.8) is 0 Å². The number of rotatable bonds is 4. The first-order chi connectivity index (χ1) is 12.7. The Morgan fingerprint density at radius 3 is 2.58 bits per heavy atom. The third-order valence-corrected chi connectivity index (χ3v) is 9.76. The van der Waals surface area contributed by atoms with Crippen LogP contribution in [0, 0.1) is 29.6 Å². The molecule has 4 aliphatic carbocycles. The van der Waals surface area contributed by atoms with Gasteiger partial charge in [-0.3, -0.25) is 0 Å². The fourth-order valence-electron chi connectivity index (χ4n) is 7.01. The third-order valence-electron chi connectivity index (χ3n) is 8.63. The van der Waals surface area contributed by atoms with Crippen LogP contribution in [0.5, 0.6) is 0 Å². The van der Waals surface area contributed by atoms with E-state index in [-0.39, 0.29) is 0 Å². The van der Waals surface area contributed by atoms with E-state index in [0.29, 0.717) is 0 Å². The van der Waals surface area contributed by atoms with Gasteiger partial charge < -0.3 is 0 Å². The zero-order valence-corrected chi connectivity index (χ0v) is 19.1. The van der Waals surface area contributed by atoms with Crippen molar-refractivity contribution in [2.75, 3.05) is 0 Å². The van der Waals surface area contributed by atoms with Crippen LogP contribution in [0.1, 0.15) is 96.8 Å². The summed E-state index contributed by atoms with van der Waals surface area (Å²) in [5.74, 6) is 4.91. The van der Waals surface area contributed by atoms with E-state index in [1.807, 2.05) is 0 Å². The van der Waals surface area contributed by atoms with Gasteiger partial charge in [-0.1, -0.05) is 48.1 Å². The average Bonchev–Trinajstić information content (AvgIpc) is 2.67. The maximum Gasteiger partial charge on any atom is 0.0112 e. The van der Waals surface area contributed by atoms with Crippen molar-refractivity contribution in [2.24, 2.45) is 29.6 Å². The van der Waals surface area contributed by atoms with Crippen molar-refractivity contribution in [1.29, 1.82) is 0 Å². The second kappa shape index (κ2) is 8.70. The second-order valence-corrected chi connectivity index (χ2v) is 11.7. The highest BCUT2D eigenvalue weighted by Gasteiger charge is 2.38. The topological polar surface area (TPSA) is 0 Å². The summed E-state index contributed by atoms with van der Waals surface area (Å²) in [5.41, 5.74) is 5.09. The molecule has 146 valence electrons. The van der Waals surface area contributed by atoms with Crippen LogP contribution in [0.3, 0.4) is 0 Å². The first kappa shape index (κ1) is 19.5. The Hall–Kier alpha value is 0.210. The third kappa shape index (κ3) is 4.13. The van der Waals surface area contributed by atoms with Gasteiger partial charge in [0.2, 0.25) is 0 Å². The van der Waals surface area contributed by atoms with Gasteiger partial charge in [-0.15, -0.1) is 0 Å². The summed E-state index contributed by atoms with van der Waals surface area (Å²) in [7, 11) is 0. The molecule has 5 unspecified atom stereocenters. The Labute approximate surface area is 175 Å². The number of fused-ring (bicyclic) bond motifs is 1. The average molecular weight is 466 g/mol. The summed E-state index contributed by atoms with van der Waals surface area (Å²) in [6, 6.07) is 0. The monoisotopic (exact) mass is 466 g/mol. The van der Waals surface area contributed by atoms with Crippen molar-refractivity contribution in [3.05, 3.63) is 23.3 Å². The molecule has 0 nitrogen and oxygen atoms in total. The van der Waals surface area contributed by atoms with Crippen LogP contribution in [0.25, 0.3) is 0 Å². The summed E-state index contributed by atoms with van der Waals surface area (Å²) < 4.78 is 0.968. The number of allylic oxidation sites excluding steroid dienone is 3. The molecular weight excluding hydrogens is 427 g/mol. The molecule has 0 aromatic rings. The number of hydrogen-bond acceptors (Lipinski definition) is 0. The number of halogens is 1. The van der Waals surface area contributed by atoms with E-state index in [2.05, 4.69) is 36.1 Å². The van der Waals surface area contributed by atoms with Gasteiger partial charge in [-0.25, -0.2) is 0 Å². The fraction of sp³-hybridized carbons (Fsp3) is 0.840. The summed E-state index contributed by atoms with van der Waals surface area (Å²) in [4.78, 5) is 0. The smallest absolute Gasteiger partial charge is 0.0112 e. The molecule has 0 aromatic heterocycles. The lowest BCUT2D eigenvalue weighted by atomic mass is 9.62. The molecule has 0 spiro atoms. The normalized spacial score (nSPS) is 39.3. The van der Waals surface area contributed by atoms with E-state index >= 15 is 0 Å². The molecule has 2 saturated carbocycles. The predicted molar refractivity (Wildman–Crippen MR) is 122 cm³/mol. The lowest BCUT2D eigenvalue weighted by Crippen LogP contribution is -2.34. The van der Waals surface area contributed by atoms with E-state index in [0.717, 1.165) is 33.5 Å². The van der Waals surface area contributed by atoms with Crippen molar-refractivity contribution < 1.29 is 0 Å². The van der Waals surface area contributed by atoms with E-state index in [9.17, 15) is 0 Å². The predicted octanol–water partition coefficient (Wildman–Crippen LogP) is 8.26. The van der Waals surface area contributed by atoms with Gasteiger partial charge >= 0.3 is 0 Å². The zero-order valence-electron chi connectivity index (χ0n) is 16.9. The van der Waals surface area contributed by atoms with Crippen LogP contribution in [0.2, 0.25) is 0 Å². The molecule has 0 aromatic carbocycles. The first-order valence-electron chi connectivity index (χ1n) is 11.7. The minimum Gasteiger partial charge on any atom is -0.0953 e. The molecule has 1 heteroatoms. The van der Waals surface area contributed by atoms with E-state index in [1.54, 1.807) is 23.1 Å². The van der Waals surface area contributed by atoms with Crippen LogP contribution in [-0.4, -0.2) is 3.92 Å². The molecule has 0 heterocycles. The Morgan fingerprint density at radius 2 is 1.73 bits per heavy atom.